The van der Waals surface area contributed by atoms with Gasteiger partial charge >= 0.3 is 6.18 Å². The number of aromatic nitrogens is 2. The molecule has 0 spiro atoms. The molecule has 78 valence electrons. The number of nitrogens with one attached hydrogen (secondary N) is 1. The summed E-state index contributed by atoms with van der Waals surface area (Å²) < 4.78 is 37.8. The van der Waals surface area contributed by atoms with E-state index in [1.54, 1.807) is 6.07 Å². The Morgan fingerprint density at radius 2 is 1.80 bits per heavy atom. The Morgan fingerprint density at radius 1 is 1.07 bits per heavy atom. The number of alkyl halides is 3. The molecule has 2 nitrogen and oxygen atoms in total. The normalized spacial score (nSPS) is 11.7. The zero-order valence-corrected chi connectivity index (χ0v) is 7.55. The van der Waals surface area contributed by atoms with Crippen LogP contribution in [-0.4, -0.2) is 10.2 Å². The van der Waals surface area contributed by atoms with Crippen molar-refractivity contribution in [1.82, 2.24) is 10.2 Å². The van der Waals surface area contributed by atoms with Crippen molar-refractivity contribution in [3.8, 4) is 11.3 Å². The molecule has 1 heterocycles. The summed E-state index contributed by atoms with van der Waals surface area (Å²) in [5.41, 5.74) is -0.286. The van der Waals surface area contributed by atoms with Crippen LogP contribution in [0.15, 0.2) is 36.5 Å². The second-order valence-electron chi connectivity index (χ2n) is 3.00. The molecule has 2 rings (SSSR count). The molecule has 0 bridgehead atoms. The fraction of sp³-hybridized carbons (Fsp3) is 0.100. The van der Waals surface area contributed by atoms with Gasteiger partial charge in [-0.2, -0.15) is 18.3 Å². The van der Waals surface area contributed by atoms with E-state index in [2.05, 4.69) is 10.2 Å². The van der Waals surface area contributed by atoms with Crippen molar-refractivity contribution in [1.29, 1.82) is 0 Å². The van der Waals surface area contributed by atoms with Gasteiger partial charge in [0.25, 0.3) is 0 Å². The molecular formula is C10H7F3N2. The standard InChI is InChI=1S/C10H7F3N2/c11-10(12,13)8-4-2-1-3-7(8)9-5-6-14-15-9/h1-6H,(H,14,15). The summed E-state index contributed by atoms with van der Waals surface area (Å²) in [5, 5.41) is 6.23. The predicted molar refractivity (Wildman–Crippen MR) is 49.0 cm³/mol. The summed E-state index contributed by atoms with van der Waals surface area (Å²) in [6.07, 6.45) is -2.86. The van der Waals surface area contributed by atoms with Gasteiger partial charge in [0.1, 0.15) is 0 Å². The predicted octanol–water partition coefficient (Wildman–Crippen LogP) is 3.10. The third-order valence-corrected chi connectivity index (χ3v) is 2.01. The first kappa shape index (κ1) is 9.76. The molecule has 0 aliphatic carbocycles. The molecule has 1 aromatic carbocycles. The number of hydrogen-bond donors (Lipinski definition) is 1. The maximum absolute atomic E-state index is 12.6. The third-order valence-electron chi connectivity index (χ3n) is 2.01. The molecule has 5 heteroatoms. The third kappa shape index (κ3) is 1.86. The molecule has 1 aromatic heterocycles. The van der Waals surface area contributed by atoms with Crippen molar-refractivity contribution in [2.45, 2.75) is 6.18 Å². The summed E-state index contributed by atoms with van der Waals surface area (Å²) in [5.74, 6) is 0. The van der Waals surface area contributed by atoms with Crippen molar-refractivity contribution >= 4 is 0 Å². The van der Waals surface area contributed by atoms with Gasteiger partial charge in [0, 0.05) is 11.8 Å². The minimum absolute atomic E-state index is 0.0891. The zero-order chi connectivity index (χ0) is 10.9. The Balaban J connectivity index is 2.58. The minimum Gasteiger partial charge on any atom is -0.285 e. The van der Waals surface area contributed by atoms with Crippen LogP contribution in [0.4, 0.5) is 13.2 Å². The molecule has 0 fully saturated rings. The fourth-order valence-corrected chi connectivity index (χ4v) is 1.36. The number of aromatic amines is 1. The quantitative estimate of drug-likeness (QED) is 0.773. The molecule has 0 amide bonds. The maximum atomic E-state index is 12.6. The Labute approximate surface area is 83.7 Å². The molecule has 0 aliphatic rings. The van der Waals surface area contributed by atoms with E-state index in [-0.39, 0.29) is 5.56 Å². The van der Waals surface area contributed by atoms with Crippen LogP contribution in [0.2, 0.25) is 0 Å². The molecule has 0 unspecified atom stereocenters. The fourth-order valence-electron chi connectivity index (χ4n) is 1.36. The van der Waals surface area contributed by atoms with Gasteiger partial charge in [-0.3, -0.25) is 5.10 Å². The van der Waals surface area contributed by atoms with Crippen LogP contribution in [0, 0.1) is 0 Å². The lowest BCUT2D eigenvalue weighted by atomic mass is 10.0. The van der Waals surface area contributed by atoms with Gasteiger partial charge in [0.2, 0.25) is 0 Å². The second-order valence-corrected chi connectivity index (χ2v) is 3.00. The van der Waals surface area contributed by atoms with Crippen molar-refractivity contribution < 1.29 is 13.2 Å². The smallest absolute Gasteiger partial charge is 0.285 e. The average Bonchev–Trinajstić information content (AvgIpc) is 2.69. The Bertz CT molecular complexity index is 446. The number of rotatable bonds is 1. The topological polar surface area (TPSA) is 28.7 Å². The number of H-pyrrole nitrogens is 1. The van der Waals surface area contributed by atoms with Gasteiger partial charge in [-0.15, -0.1) is 0 Å². The summed E-state index contributed by atoms with van der Waals surface area (Å²) in [6.45, 7) is 0. The largest absolute Gasteiger partial charge is 0.417 e. The van der Waals surface area contributed by atoms with E-state index < -0.39 is 11.7 Å². The Kier molecular flexibility index (Phi) is 2.22. The molecule has 0 saturated carbocycles. The van der Waals surface area contributed by atoms with E-state index in [0.717, 1.165) is 6.07 Å². The summed E-state index contributed by atoms with van der Waals surface area (Å²) in [4.78, 5) is 0. The lowest BCUT2D eigenvalue weighted by molar-refractivity contribution is -0.137. The maximum Gasteiger partial charge on any atom is 0.417 e. The van der Waals surface area contributed by atoms with E-state index in [4.69, 9.17) is 0 Å². The zero-order valence-electron chi connectivity index (χ0n) is 7.55. The summed E-state index contributed by atoms with van der Waals surface area (Å²) in [7, 11) is 0. The summed E-state index contributed by atoms with van der Waals surface area (Å²) in [6, 6.07) is 6.87. The van der Waals surface area contributed by atoms with E-state index in [1.165, 1.54) is 24.4 Å². The SMILES string of the molecule is FC(F)(F)c1ccccc1-c1cc[nH]n1. The van der Waals surface area contributed by atoms with Crippen LogP contribution in [0.1, 0.15) is 5.56 Å². The molecule has 15 heavy (non-hydrogen) atoms. The van der Waals surface area contributed by atoms with E-state index in [0.29, 0.717) is 5.69 Å². The van der Waals surface area contributed by atoms with Gasteiger partial charge < -0.3 is 0 Å². The van der Waals surface area contributed by atoms with Gasteiger partial charge in [0.15, 0.2) is 0 Å². The van der Waals surface area contributed by atoms with Gasteiger partial charge in [-0.05, 0) is 12.1 Å². The minimum atomic E-state index is -4.35. The van der Waals surface area contributed by atoms with E-state index >= 15 is 0 Å². The monoisotopic (exact) mass is 212 g/mol. The first-order valence-corrected chi connectivity index (χ1v) is 4.25. The first-order chi connectivity index (χ1) is 7.09. The highest BCUT2D eigenvalue weighted by atomic mass is 19.4. The molecular weight excluding hydrogens is 205 g/mol. The number of nitrogens with zero attached hydrogens (tertiary/aromatic N) is 1. The van der Waals surface area contributed by atoms with Gasteiger partial charge in [0.05, 0.1) is 11.3 Å². The van der Waals surface area contributed by atoms with Crippen molar-refractivity contribution in [3.63, 3.8) is 0 Å². The van der Waals surface area contributed by atoms with Gasteiger partial charge in [-0.25, -0.2) is 0 Å². The van der Waals surface area contributed by atoms with E-state index in [1.807, 2.05) is 0 Å². The number of benzene rings is 1. The lowest BCUT2D eigenvalue weighted by Gasteiger charge is -2.10. The van der Waals surface area contributed by atoms with Crippen molar-refractivity contribution in [2.75, 3.05) is 0 Å². The molecule has 2 aromatic rings. The highest BCUT2D eigenvalue weighted by Crippen LogP contribution is 2.35. The van der Waals surface area contributed by atoms with Crippen LogP contribution >= 0.6 is 0 Å². The van der Waals surface area contributed by atoms with Crippen LogP contribution in [0.3, 0.4) is 0 Å². The second kappa shape index (κ2) is 3.42. The molecule has 0 atom stereocenters. The van der Waals surface area contributed by atoms with Crippen LogP contribution in [0.25, 0.3) is 11.3 Å². The van der Waals surface area contributed by atoms with Crippen molar-refractivity contribution in [3.05, 3.63) is 42.1 Å². The Hall–Kier alpha value is -1.78. The summed E-state index contributed by atoms with van der Waals surface area (Å²) >= 11 is 0. The van der Waals surface area contributed by atoms with Crippen LogP contribution in [-0.2, 0) is 6.18 Å². The lowest BCUT2D eigenvalue weighted by Crippen LogP contribution is -2.06. The number of hydrogen-bond acceptors (Lipinski definition) is 1. The average molecular weight is 212 g/mol. The molecule has 0 radical (unpaired) electrons. The molecule has 0 aliphatic heterocycles. The highest BCUT2D eigenvalue weighted by molar-refractivity contribution is 5.63. The van der Waals surface area contributed by atoms with Crippen LogP contribution in [0.5, 0.6) is 0 Å². The first-order valence-electron chi connectivity index (χ1n) is 4.25. The molecule has 0 saturated heterocycles. The number of halogens is 3. The van der Waals surface area contributed by atoms with E-state index in [9.17, 15) is 13.2 Å². The highest BCUT2D eigenvalue weighted by Gasteiger charge is 2.33. The molecule has 1 N–H and O–H groups in total. The van der Waals surface area contributed by atoms with Crippen LogP contribution < -0.4 is 0 Å². The van der Waals surface area contributed by atoms with Crippen molar-refractivity contribution in [2.24, 2.45) is 0 Å². The Morgan fingerprint density at radius 3 is 2.40 bits per heavy atom. The van der Waals surface area contributed by atoms with Gasteiger partial charge in [-0.1, -0.05) is 18.2 Å².